The Kier molecular flexibility index (Phi) is 6.57. The van der Waals surface area contributed by atoms with E-state index in [0.717, 1.165) is 12.0 Å². The van der Waals surface area contributed by atoms with Gasteiger partial charge in [0, 0.05) is 6.54 Å². The molecule has 0 aliphatic carbocycles. The van der Waals surface area contributed by atoms with Crippen LogP contribution in [0.25, 0.3) is 0 Å². The lowest BCUT2D eigenvalue weighted by Crippen LogP contribution is -2.32. The van der Waals surface area contributed by atoms with Crippen molar-refractivity contribution in [3.8, 4) is 5.75 Å². The van der Waals surface area contributed by atoms with Crippen molar-refractivity contribution < 1.29 is 14.3 Å². The molecular formula is C20H24N2O3. The number of ether oxygens (including phenoxy) is 1. The van der Waals surface area contributed by atoms with Gasteiger partial charge in [0.2, 0.25) is 0 Å². The minimum absolute atomic E-state index is 0.203. The number of amides is 2. The van der Waals surface area contributed by atoms with Crippen LogP contribution in [-0.4, -0.2) is 24.5 Å². The summed E-state index contributed by atoms with van der Waals surface area (Å²) in [6, 6.07) is 14.5. The number of hydrogen-bond acceptors (Lipinski definition) is 3. The fraction of sp³-hybridized carbons (Fsp3) is 0.300. The van der Waals surface area contributed by atoms with E-state index < -0.39 is 6.10 Å². The molecule has 0 bridgehead atoms. The summed E-state index contributed by atoms with van der Waals surface area (Å²) < 4.78 is 5.73. The fourth-order valence-electron chi connectivity index (χ4n) is 2.29. The van der Waals surface area contributed by atoms with E-state index in [1.54, 1.807) is 31.2 Å². The third kappa shape index (κ3) is 5.08. The van der Waals surface area contributed by atoms with Crippen molar-refractivity contribution in [1.82, 2.24) is 5.32 Å². The highest BCUT2D eigenvalue weighted by atomic mass is 16.5. The lowest BCUT2D eigenvalue weighted by molar-refractivity contribution is -0.122. The van der Waals surface area contributed by atoms with E-state index in [4.69, 9.17) is 4.74 Å². The summed E-state index contributed by atoms with van der Waals surface area (Å²) >= 11 is 0. The van der Waals surface area contributed by atoms with Gasteiger partial charge in [0.05, 0.1) is 11.3 Å². The Hall–Kier alpha value is -2.82. The van der Waals surface area contributed by atoms with Crippen LogP contribution in [0.5, 0.6) is 5.75 Å². The molecule has 5 heteroatoms. The SMILES string of the molecule is CCCNC(=O)c1ccccc1NC(=O)[C@@H](C)Oc1ccccc1C. The Morgan fingerprint density at radius 1 is 1.08 bits per heavy atom. The minimum atomic E-state index is -0.687. The molecule has 0 fully saturated rings. The molecule has 25 heavy (non-hydrogen) atoms. The molecule has 0 unspecified atom stereocenters. The maximum absolute atomic E-state index is 12.4. The van der Waals surface area contributed by atoms with Gasteiger partial charge in [-0.25, -0.2) is 0 Å². The van der Waals surface area contributed by atoms with Crippen molar-refractivity contribution in [2.24, 2.45) is 0 Å². The Bertz CT molecular complexity index is 743. The molecule has 1 atom stereocenters. The molecule has 0 spiro atoms. The minimum Gasteiger partial charge on any atom is -0.481 e. The van der Waals surface area contributed by atoms with Crippen LogP contribution in [0.2, 0.25) is 0 Å². The molecule has 0 aliphatic rings. The largest absolute Gasteiger partial charge is 0.481 e. The van der Waals surface area contributed by atoms with Gasteiger partial charge in [-0.15, -0.1) is 0 Å². The molecule has 0 saturated heterocycles. The maximum Gasteiger partial charge on any atom is 0.265 e. The molecule has 132 valence electrons. The highest BCUT2D eigenvalue weighted by Crippen LogP contribution is 2.19. The molecular weight excluding hydrogens is 316 g/mol. The van der Waals surface area contributed by atoms with Crippen LogP contribution in [0.4, 0.5) is 5.69 Å². The van der Waals surface area contributed by atoms with Crippen molar-refractivity contribution in [2.75, 3.05) is 11.9 Å². The Morgan fingerprint density at radius 2 is 1.76 bits per heavy atom. The zero-order chi connectivity index (χ0) is 18.2. The molecule has 0 aromatic heterocycles. The van der Waals surface area contributed by atoms with Gasteiger partial charge in [-0.2, -0.15) is 0 Å². The van der Waals surface area contributed by atoms with Crippen molar-refractivity contribution in [3.05, 3.63) is 59.7 Å². The number of carbonyl (C=O) groups is 2. The van der Waals surface area contributed by atoms with Gasteiger partial charge in [-0.1, -0.05) is 37.3 Å². The number of carbonyl (C=O) groups excluding carboxylic acids is 2. The van der Waals surface area contributed by atoms with E-state index in [1.165, 1.54) is 0 Å². The molecule has 0 aliphatic heterocycles. The van der Waals surface area contributed by atoms with Crippen molar-refractivity contribution in [3.63, 3.8) is 0 Å². The molecule has 0 saturated carbocycles. The lowest BCUT2D eigenvalue weighted by atomic mass is 10.1. The first kappa shape index (κ1) is 18.5. The topological polar surface area (TPSA) is 67.4 Å². The summed E-state index contributed by atoms with van der Waals surface area (Å²) in [6.07, 6.45) is 0.162. The first-order chi connectivity index (χ1) is 12.0. The second kappa shape index (κ2) is 8.87. The van der Waals surface area contributed by atoms with Gasteiger partial charge in [0.1, 0.15) is 5.75 Å². The second-order valence-corrected chi connectivity index (χ2v) is 5.82. The number of rotatable bonds is 7. The van der Waals surface area contributed by atoms with E-state index in [0.29, 0.717) is 23.5 Å². The fourth-order valence-corrected chi connectivity index (χ4v) is 2.29. The van der Waals surface area contributed by atoms with Crippen molar-refractivity contribution in [1.29, 1.82) is 0 Å². The van der Waals surface area contributed by atoms with Crippen LogP contribution in [0.1, 0.15) is 36.2 Å². The lowest BCUT2D eigenvalue weighted by Gasteiger charge is -2.17. The normalized spacial score (nSPS) is 11.5. The van der Waals surface area contributed by atoms with E-state index in [1.807, 2.05) is 38.1 Å². The molecule has 5 nitrogen and oxygen atoms in total. The summed E-state index contributed by atoms with van der Waals surface area (Å²) in [6.45, 7) is 6.18. The Balaban J connectivity index is 2.07. The number of para-hydroxylation sites is 2. The summed E-state index contributed by atoms with van der Waals surface area (Å²) in [5, 5.41) is 5.60. The smallest absolute Gasteiger partial charge is 0.265 e. The van der Waals surface area contributed by atoms with Crippen LogP contribution < -0.4 is 15.4 Å². The first-order valence-electron chi connectivity index (χ1n) is 8.43. The van der Waals surface area contributed by atoms with Gasteiger partial charge < -0.3 is 15.4 Å². The van der Waals surface area contributed by atoms with E-state index in [-0.39, 0.29) is 11.8 Å². The van der Waals surface area contributed by atoms with Crippen LogP contribution >= 0.6 is 0 Å². The van der Waals surface area contributed by atoms with Crippen molar-refractivity contribution in [2.45, 2.75) is 33.3 Å². The van der Waals surface area contributed by atoms with E-state index in [9.17, 15) is 9.59 Å². The number of hydrogen-bond donors (Lipinski definition) is 2. The van der Waals surface area contributed by atoms with E-state index >= 15 is 0 Å². The molecule has 0 heterocycles. The maximum atomic E-state index is 12.4. The zero-order valence-electron chi connectivity index (χ0n) is 14.8. The van der Waals surface area contributed by atoms with Crippen LogP contribution in [0, 0.1) is 6.92 Å². The molecule has 0 radical (unpaired) electrons. The zero-order valence-corrected chi connectivity index (χ0v) is 14.8. The van der Waals surface area contributed by atoms with Crippen LogP contribution in [0.15, 0.2) is 48.5 Å². The van der Waals surface area contributed by atoms with Crippen molar-refractivity contribution >= 4 is 17.5 Å². The Morgan fingerprint density at radius 3 is 2.48 bits per heavy atom. The summed E-state index contributed by atoms with van der Waals surface area (Å²) in [7, 11) is 0. The van der Waals surface area contributed by atoms with E-state index in [2.05, 4.69) is 10.6 Å². The van der Waals surface area contributed by atoms with Crippen LogP contribution in [-0.2, 0) is 4.79 Å². The average Bonchev–Trinajstić information content (AvgIpc) is 2.62. The predicted molar refractivity (Wildman–Crippen MR) is 99.0 cm³/mol. The molecule has 2 aromatic rings. The molecule has 2 amide bonds. The molecule has 2 aromatic carbocycles. The van der Waals surface area contributed by atoms with Gasteiger partial charge in [-0.05, 0) is 44.0 Å². The third-order valence-electron chi connectivity index (χ3n) is 3.73. The highest BCUT2D eigenvalue weighted by Gasteiger charge is 2.18. The third-order valence-corrected chi connectivity index (χ3v) is 3.73. The van der Waals surface area contributed by atoms with Gasteiger partial charge in [0.15, 0.2) is 6.10 Å². The number of benzene rings is 2. The predicted octanol–water partition coefficient (Wildman–Crippen LogP) is 3.54. The standard InChI is InChI=1S/C20H24N2O3/c1-4-13-21-20(24)16-10-6-7-11-17(16)22-19(23)15(3)25-18-12-8-5-9-14(18)2/h5-12,15H,4,13H2,1-3H3,(H,21,24)(H,22,23)/t15-/m1/s1. The monoisotopic (exact) mass is 340 g/mol. The highest BCUT2D eigenvalue weighted by molar-refractivity contribution is 6.04. The number of aryl methyl sites for hydroxylation is 1. The summed E-state index contributed by atoms with van der Waals surface area (Å²) in [5.74, 6) is 0.156. The van der Waals surface area contributed by atoms with Gasteiger partial charge in [0.25, 0.3) is 11.8 Å². The summed E-state index contributed by atoms with van der Waals surface area (Å²) in [4.78, 5) is 24.7. The first-order valence-corrected chi connectivity index (χ1v) is 8.43. The molecule has 2 N–H and O–H groups in total. The van der Waals surface area contributed by atoms with Gasteiger partial charge >= 0.3 is 0 Å². The average molecular weight is 340 g/mol. The molecule has 2 rings (SSSR count). The van der Waals surface area contributed by atoms with Crippen LogP contribution in [0.3, 0.4) is 0 Å². The Labute approximate surface area is 148 Å². The number of anilines is 1. The number of nitrogens with one attached hydrogen (secondary N) is 2. The summed E-state index contributed by atoms with van der Waals surface area (Å²) in [5.41, 5.74) is 1.87. The quantitative estimate of drug-likeness (QED) is 0.810. The second-order valence-electron chi connectivity index (χ2n) is 5.82. The van der Waals surface area contributed by atoms with Gasteiger partial charge in [-0.3, -0.25) is 9.59 Å².